The summed E-state index contributed by atoms with van der Waals surface area (Å²) in [4.78, 5) is 127. The van der Waals surface area contributed by atoms with Crippen LogP contribution < -0.4 is 41.8 Å². The van der Waals surface area contributed by atoms with Gasteiger partial charge in [0, 0.05) is 57.3 Å². The van der Waals surface area contributed by atoms with E-state index in [-0.39, 0.29) is 82.7 Å². The standard InChI is InChI=1S/C38H36N14O12S2/c39-37-47-29-27(33(59)49-37)43-19(13-41-29)15-51(21-5-1-17(2-6-21)31(57)45-23(35(61)62)9-11-25(53)54)65-66-52(16-20-14-42-30-28(44-20)34(60)50-38(40)48-30)22-7-3-18(4-8-22)32(58)46-24(36(63)64)10-12-26(55)56/h1-8,13-14,23-24H,9-12,15-16H2,(H,45,57)(H,46,58)(H,53,54)(H,55,56)(H,61,62)(H,63,64)(H3,39,41,47,49,59)(H3,40,42,48,50,60)/t23-,24-/m0/s1. The number of hydrogen-bond donors (Lipinski definition) is 10. The number of hydrogen-bond acceptors (Lipinski definition) is 20. The van der Waals surface area contributed by atoms with Gasteiger partial charge >= 0.3 is 35.0 Å². The van der Waals surface area contributed by atoms with Crippen LogP contribution in [-0.2, 0) is 32.3 Å². The van der Waals surface area contributed by atoms with Gasteiger partial charge in [-0.1, -0.05) is 0 Å². The van der Waals surface area contributed by atoms with Crippen molar-refractivity contribution in [3.8, 4) is 0 Å². The maximum atomic E-state index is 13.1. The molecule has 0 fully saturated rings. The van der Waals surface area contributed by atoms with Gasteiger partial charge in [0.2, 0.25) is 11.9 Å². The number of carbonyl (C=O) groups excluding carboxylic acids is 2. The number of amides is 2. The minimum Gasteiger partial charge on any atom is -0.481 e. The second-order valence-electron chi connectivity index (χ2n) is 13.9. The first-order valence-corrected chi connectivity index (χ1v) is 21.1. The van der Waals surface area contributed by atoms with Crippen molar-refractivity contribution in [2.75, 3.05) is 20.1 Å². The molecule has 0 bridgehead atoms. The Morgan fingerprint density at radius 3 is 1.29 bits per heavy atom. The zero-order chi connectivity index (χ0) is 47.7. The smallest absolute Gasteiger partial charge is 0.326 e. The summed E-state index contributed by atoms with van der Waals surface area (Å²) in [5, 5.41) is 41.8. The second kappa shape index (κ2) is 20.9. The lowest BCUT2D eigenvalue weighted by molar-refractivity contribution is -0.142. The van der Waals surface area contributed by atoms with E-state index in [1.54, 1.807) is 8.61 Å². The van der Waals surface area contributed by atoms with Crippen molar-refractivity contribution < 1.29 is 49.2 Å². The van der Waals surface area contributed by atoms with Crippen LogP contribution >= 0.6 is 22.0 Å². The number of aromatic nitrogens is 8. The van der Waals surface area contributed by atoms with Gasteiger partial charge in [-0.05, 0) is 61.4 Å². The fourth-order valence-electron chi connectivity index (χ4n) is 5.90. The van der Waals surface area contributed by atoms with Crippen LogP contribution in [0.4, 0.5) is 23.3 Å². The molecular formula is C38H36N14O12S2. The van der Waals surface area contributed by atoms with E-state index in [4.69, 9.17) is 21.7 Å². The summed E-state index contributed by atoms with van der Waals surface area (Å²) in [5.74, 6) is -7.21. The first-order chi connectivity index (χ1) is 31.4. The number of benzene rings is 2. The highest BCUT2D eigenvalue weighted by Crippen LogP contribution is 2.39. The molecule has 0 aliphatic carbocycles. The quantitative estimate of drug-likeness (QED) is 0.0354. The molecule has 6 rings (SSSR count). The Hall–Kier alpha value is -8.40. The number of carbonyl (C=O) groups is 6. The number of carboxylic acids is 4. The number of rotatable bonds is 21. The molecule has 4 aromatic heterocycles. The number of H-pyrrole nitrogens is 2. The molecule has 4 heterocycles. The molecule has 342 valence electrons. The minimum absolute atomic E-state index is 0.0436. The molecule has 0 radical (unpaired) electrons. The Kier molecular flexibility index (Phi) is 14.9. The Bertz CT molecular complexity index is 2760. The third-order valence-corrected chi connectivity index (χ3v) is 11.5. The van der Waals surface area contributed by atoms with Crippen LogP contribution in [-0.4, -0.2) is 108 Å². The van der Waals surface area contributed by atoms with Crippen molar-refractivity contribution in [3.63, 3.8) is 0 Å². The normalized spacial score (nSPS) is 11.9. The zero-order valence-electron chi connectivity index (χ0n) is 33.8. The largest absolute Gasteiger partial charge is 0.481 e. The molecule has 2 amide bonds. The number of anilines is 4. The predicted octanol–water partition coefficient (Wildman–Crippen LogP) is 0.924. The van der Waals surface area contributed by atoms with Crippen LogP contribution in [0, 0.1) is 0 Å². The summed E-state index contributed by atoms with van der Waals surface area (Å²) in [6.45, 7) is -0.103. The van der Waals surface area contributed by atoms with E-state index in [0.717, 1.165) is 22.0 Å². The van der Waals surface area contributed by atoms with Crippen molar-refractivity contribution in [3.05, 3.63) is 104 Å². The number of nitrogens with zero attached hydrogens (tertiary/aromatic N) is 8. The molecule has 2 atom stereocenters. The fraction of sp³-hybridized carbons (Fsp3) is 0.211. The van der Waals surface area contributed by atoms with Crippen LogP contribution in [0.5, 0.6) is 0 Å². The lowest BCUT2D eigenvalue weighted by Crippen LogP contribution is -2.41. The van der Waals surface area contributed by atoms with E-state index in [2.05, 4.69) is 50.5 Å². The molecule has 2 aromatic carbocycles. The summed E-state index contributed by atoms with van der Waals surface area (Å²) in [7, 11) is 2.19. The minimum atomic E-state index is -1.48. The van der Waals surface area contributed by atoms with Gasteiger partial charge in [-0.3, -0.25) is 37.4 Å². The molecular weight excluding hydrogens is 909 g/mol. The second-order valence-corrected chi connectivity index (χ2v) is 16.0. The number of nitrogens with two attached hydrogens (primary N) is 2. The van der Waals surface area contributed by atoms with E-state index < -0.39 is 71.7 Å². The van der Waals surface area contributed by atoms with Crippen LogP contribution in [0.2, 0.25) is 0 Å². The number of nitrogen functional groups attached to an aromatic ring is 2. The highest BCUT2D eigenvalue weighted by molar-refractivity contribution is 8.77. The van der Waals surface area contributed by atoms with Crippen LogP contribution in [0.3, 0.4) is 0 Å². The van der Waals surface area contributed by atoms with E-state index in [0.29, 0.717) is 11.4 Å². The molecule has 12 N–H and O–H groups in total. The lowest BCUT2D eigenvalue weighted by atomic mass is 10.1. The van der Waals surface area contributed by atoms with Gasteiger partial charge in [0.1, 0.15) is 12.1 Å². The molecule has 0 unspecified atom stereocenters. The van der Waals surface area contributed by atoms with Gasteiger partial charge in [-0.15, -0.1) is 0 Å². The third-order valence-electron chi connectivity index (χ3n) is 9.15. The van der Waals surface area contributed by atoms with Crippen molar-refractivity contribution in [2.45, 2.75) is 50.9 Å². The molecule has 6 aromatic rings. The van der Waals surface area contributed by atoms with Gasteiger partial charge in [0.15, 0.2) is 22.3 Å². The van der Waals surface area contributed by atoms with Crippen molar-refractivity contribution in [2.24, 2.45) is 0 Å². The number of aliphatic carboxylic acids is 4. The predicted molar refractivity (Wildman–Crippen MR) is 237 cm³/mol. The highest BCUT2D eigenvalue weighted by Gasteiger charge is 2.25. The van der Waals surface area contributed by atoms with Crippen LogP contribution in [0.1, 0.15) is 57.8 Å². The Morgan fingerprint density at radius 2 is 0.955 bits per heavy atom. The van der Waals surface area contributed by atoms with Gasteiger partial charge in [-0.25, -0.2) is 29.5 Å². The topological polar surface area (TPSA) is 409 Å². The van der Waals surface area contributed by atoms with E-state index in [1.165, 1.54) is 60.9 Å². The number of nitrogens with one attached hydrogen (secondary N) is 4. The first-order valence-electron chi connectivity index (χ1n) is 19.1. The monoisotopic (exact) mass is 944 g/mol. The van der Waals surface area contributed by atoms with Crippen molar-refractivity contribution >= 4 is 103 Å². The number of aromatic amines is 2. The third kappa shape index (κ3) is 12.2. The molecule has 28 heteroatoms. The average molecular weight is 945 g/mol. The fourth-order valence-corrected chi connectivity index (χ4v) is 8.16. The molecule has 66 heavy (non-hydrogen) atoms. The Balaban J connectivity index is 1.33. The molecule has 0 saturated carbocycles. The van der Waals surface area contributed by atoms with Crippen molar-refractivity contribution in [1.29, 1.82) is 0 Å². The molecule has 0 aliphatic heterocycles. The highest BCUT2D eigenvalue weighted by atomic mass is 33.1. The molecule has 26 nitrogen and oxygen atoms in total. The summed E-state index contributed by atoms with van der Waals surface area (Å²) in [6, 6.07) is 8.83. The van der Waals surface area contributed by atoms with Crippen LogP contribution in [0.15, 0.2) is 70.5 Å². The Labute approximate surface area is 377 Å². The molecule has 0 saturated heterocycles. The SMILES string of the molecule is Nc1nc(=O)c2nc(CN(SSN(Cc3cnc4[nH]c(N)nc(=O)c4n3)c3ccc(C(=O)N[C@@H](CCC(=O)O)C(=O)O)cc3)c3ccc(C(=O)N[C@@H](CCC(=O)O)C(=O)O)cc3)cnc2[nH]1. The summed E-state index contributed by atoms with van der Waals surface area (Å²) < 4.78 is 3.38. The van der Waals surface area contributed by atoms with Gasteiger partial charge in [0.05, 0.1) is 36.9 Å². The maximum Gasteiger partial charge on any atom is 0.326 e. The lowest BCUT2D eigenvalue weighted by Gasteiger charge is -2.28. The van der Waals surface area contributed by atoms with E-state index in [1.807, 2.05) is 0 Å². The number of carboxylic acid groups (broad SMARTS) is 4. The Morgan fingerprint density at radius 1 is 0.591 bits per heavy atom. The van der Waals surface area contributed by atoms with Gasteiger partial charge < -0.3 is 52.5 Å². The first kappa shape index (κ1) is 47.1. The zero-order valence-corrected chi connectivity index (χ0v) is 35.4. The van der Waals surface area contributed by atoms with Crippen molar-refractivity contribution in [1.82, 2.24) is 50.5 Å². The maximum absolute atomic E-state index is 13.1. The average Bonchev–Trinajstić information content (AvgIpc) is 3.27. The van der Waals surface area contributed by atoms with Crippen LogP contribution in [0.25, 0.3) is 22.3 Å². The summed E-state index contributed by atoms with van der Waals surface area (Å²) in [5.41, 5.74) is 11.4. The van der Waals surface area contributed by atoms with Gasteiger partial charge in [0.25, 0.3) is 11.8 Å². The molecule has 0 aliphatic rings. The van der Waals surface area contributed by atoms with Gasteiger partial charge in [-0.2, -0.15) is 9.97 Å². The molecule has 0 spiro atoms. The van der Waals surface area contributed by atoms with E-state index >= 15 is 0 Å². The van der Waals surface area contributed by atoms with E-state index in [9.17, 15) is 48.6 Å². The summed E-state index contributed by atoms with van der Waals surface area (Å²) >= 11 is 0. The summed E-state index contributed by atoms with van der Waals surface area (Å²) in [6.07, 6.45) is 1.08. The number of fused-ring (bicyclic) bond motifs is 2.